The van der Waals surface area contributed by atoms with Crippen LogP contribution in [0.5, 0.6) is 0 Å². The minimum absolute atomic E-state index is 0.131. The van der Waals surface area contributed by atoms with Crippen molar-refractivity contribution < 1.29 is 14.3 Å². The summed E-state index contributed by atoms with van der Waals surface area (Å²) < 4.78 is 5.40. The molecule has 6 nitrogen and oxygen atoms in total. The summed E-state index contributed by atoms with van der Waals surface area (Å²) in [5.74, 6) is -0.0255. The van der Waals surface area contributed by atoms with E-state index in [-0.39, 0.29) is 17.9 Å². The van der Waals surface area contributed by atoms with Gasteiger partial charge in [0.05, 0.1) is 0 Å². The Hall–Kier alpha value is -2.18. The molecule has 2 rings (SSSR count). The Morgan fingerprint density at radius 1 is 1.31 bits per heavy atom. The Morgan fingerprint density at radius 3 is 2.76 bits per heavy atom. The smallest absolute Gasteiger partial charge is 0.244 e. The summed E-state index contributed by atoms with van der Waals surface area (Å²) in [6.45, 7) is 10.4. The number of rotatable bonds is 10. The number of nitrogens with zero attached hydrogens (tertiary/aromatic N) is 1. The molecule has 0 bridgehead atoms. The van der Waals surface area contributed by atoms with Crippen LogP contribution < -0.4 is 10.6 Å². The lowest BCUT2D eigenvalue weighted by Crippen LogP contribution is -2.54. The molecule has 0 radical (unpaired) electrons. The van der Waals surface area contributed by atoms with Crippen LogP contribution in [0, 0.1) is 5.92 Å². The molecule has 3 atom stereocenters. The first kappa shape index (κ1) is 23.1. The highest BCUT2D eigenvalue weighted by Crippen LogP contribution is 2.17. The Bertz CT molecular complexity index is 663. The van der Waals surface area contributed by atoms with Gasteiger partial charge in [0.1, 0.15) is 6.04 Å². The van der Waals surface area contributed by atoms with Gasteiger partial charge in [0.15, 0.2) is 0 Å². The van der Waals surface area contributed by atoms with Crippen LogP contribution in [0.2, 0.25) is 0 Å². The van der Waals surface area contributed by atoms with Crippen molar-refractivity contribution in [2.75, 3.05) is 32.8 Å². The number of hydrogen-bond acceptors (Lipinski definition) is 4. The number of piperidine rings is 1. The van der Waals surface area contributed by atoms with Crippen molar-refractivity contribution in [3.05, 3.63) is 42.0 Å². The number of nitrogens with one attached hydrogen (secondary N) is 2. The van der Waals surface area contributed by atoms with Crippen LogP contribution in [-0.2, 0) is 14.3 Å². The lowest BCUT2D eigenvalue weighted by Gasteiger charge is -2.37. The summed E-state index contributed by atoms with van der Waals surface area (Å²) in [6.07, 6.45) is 5.17. The van der Waals surface area contributed by atoms with E-state index < -0.39 is 6.04 Å². The lowest BCUT2D eigenvalue weighted by molar-refractivity contribution is -0.127. The van der Waals surface area contributed by atoms with Crippen LogP contribution in [-0.4, -0.2) is 61.6 Å². The Kier molecular flexibility index (Phi) is 9.88. The first-order valence-electron chi connectivity index (χ1n) is 10.6. The molecule has 3 unspecified atom stereocenters. The number of carbonyl (C=O) groups is 2. The fraction of sp³-hybridized carbons (Fsp3) is 0.565. The molecule has 1 aliphatic rings. The van der Waals surface area contributed by atoms with Crippen molar-refractivity contribution in [3.8, 4) is 0 Å². The number of carbonyl (C=O) groups excluding carboxylic acids is 2. The van der Waals surface area contributed by atoms with Gasteiger partial charge in [0, 0.05) is 45.0 Å². The number of amides is 2. The van der Waals surface area contributed by atoms with E-state index >= 15 is 0 Å². The van der Waals surface area contributed by atoms with Crippen LogP contribution in [0.25, 0.3) is 6.08 Å². The molecule has 0 spiro atoms. The van der Waals surface area contributed by atoms with Crippen molar-refractivity contribution in [2.45, 2.75) is 45.7 Å². The van der Waals surface area contributed by atoms with Crippen LogP contribution in [0.15, 0.2) is 36.4 Å². The van der Waals surface area contributed by atoms with Crippen LogP contribution in [0.3, 0.4) is 0 Å². The average Bonchev–Trinajstić information content (AvgIpc) is 2.72. The molecule has 0 saturated carbocycles. The van der Waals surface area contributed by atoms with Crippen molar-refractivity contribution in [3.63, 3.8) is 0 Å². The maximum absolute atomic E-state index is 12.5. The Labute approximate surface area is 174 Å². The van der Waals surface area contributed by atoms with E-state index in [0.717, 1.165) is 51.3 Å². The Morgan fingerprint density at radius 2 is 2.07 bits per heavy atom. The van der Waals surface area contributed by atoms with Gasteiger partial charge in [-0.2, -0.15) is 0 Å². The van der Waals surface area contributed by atoms with Crippen LogP contribution in [0.4, 0.5) is 0 Å². The fourth-order valence-corrected chi connectivity index (χ4v) is 3.55. The molecule has 1 aliphatic heterocycles. The minimum Gasteiger partial charge on any atom is -0.382 e. The summed E-state index contributed by atoms with van der Waals surface area (Å²) in [4.78, 5) is 27.0. The minimum atomic E-state index is -0.570. The maximum Gasteiger partial charge on any atom is 0.244 e. The molecule has 1 aromatic rings. The number of hydrogen-bond donors (Lipinski definition) is 2. The molecule has 2 N–H and O–H groups in total. The van der Waals surface area contributed by atoms with Gasteiger partial charge < -0.3 is 20.3 Å². The third-order valence-electron chi connectivity index (χ3n) is 5.26. The highest BCUT2D eigenvalue weighted by Gasteiger charge is 2.28. The molecule has 0 aromatic heterocycles. The summed E-state index contributed by atoms with van der Waals surface area (Å²) >= 11 is 0. The highest BCUT2D eigenvalue weighted by atomic mass is 16.5. The van der Waals surface area contributed by atoms with Crippen LogP contribution in [0.1, 0.15) is 39.2 Å². The molecule has 1 fully saturated rings. The van der Waals surface area contributed by atoms with Gasteiger partial charge in [0.2, 0.25) is 11.8 Å². The second-order valence-corrected chi connectivity index (χ2v) is 7.71. The molecule has 160 valence electrons. The molecule has 29 heavy (non-hydrogen) atoms. The Balaban J connectivity index is 1.72. The summed E-state index contributed by atoms with van der Waals surface area (Å²) in [5, 5.41) is 5.86. The average molecular weight is 402 g/mol. The van der Waals surface area contributed by atoms with Crippen molar-refractivity contribution in [2.24, 2.45) is 5.92 Å². The molecule has 1 saturated heterocycles. The standard InChI is InChI=1S/C23H35N3O3/c1-4-29-16-8-14-26-15-13-21(18(2)17-26)25-23(28)19(3)24-22(27)12-11-20-9-6-5-7-10-20/h5-7,9-12,18-19,21H,4,8,13-17H2,1-3H3,(H,24,27)(H,25,28)/b12-11+. The van der Waals surface area contributed by atoms with Crippen molar-refractivity contribution >= 4 is 17.9 Å². The highest BCUT2D eigenvalue weighted by molar-refractivity contribution is 5.95. The molecular weight excluding hydrogens is 366 g/mol. The monoisotopic (exact) mass is 401 g/mol. The quantitative estimate of drug-likeness (QED) is 0.467. The number of likely N-dealkylation sites (tertiary alicyclic amines) is 1. The van der Waals surface area contributed by atoms with E-state index in [9.17, 15) is 9.59 Å². The molecule has 1 heterocycles. The maximum atomic E-state index is 12.5. The zero-order valence-electron chi connectivity index (χ0n) is 17.9. The van der Waals surface area contributed by atoms with Gasteiger partial charge in [-0.15, -0.1) is 0 Å². The van der Waals surface area contributed by atoms with Gasteiger partial charge in [-0.05, 0) is 44.2 Å². The van der Waals surface area contributed by atoms with Crippen molar-refractivity contribution in [1.82, 2.24) is 15.5 Å². The molecule has 2 amide bonds. The fourth-order valence-electron chi connectivity index (χ4n) is 3.55. The van der Waals surface area contributed by atoms with Gasteiger partial charge in [0.25, 0.3) is 0 Å². The second-order valence-electron chi connectivity index (χ2n) is 7.71. The van der Waals surface area contributed by atoms with E-state index in [1.807, 2.05) is 37.3 Å². The summed E-state index contributed by atoms with van der Waals surface area (Å²) in [6, 6.07) is 9.17. The topological polar surface area (TPSA) is 70.7 Å². The molecule has 0 aliphatic carbocycles. The first-order chi connectivity index (χ1) is 14.0. The molecule has 1 aromatic carbocycles. The van der Waals surface area contributed by atoms with Gasteiger partial charge in [-0.1, -0.05) is 37.3 Å². The lowest BCUT2D eigenvalue weighted by atomic mass is 9.93. The van der Waals surface area contributed by atoms with E-state index in [0.29, 0.717) is 5.92 Å². The van der Waals surface area contributed by atoms with E-state index in [1.54, 1.807) is 13.0 Å². The van der Waals surface area contributed by atoms with E-state index in [4.69, 9.17) is 4.74 Å². The van der Waals surface area contributed by atoms with Crippen molar-refractivity contribution in [1.29, 1.82) is 0 Å². The van der Waals surface area contributed by atoms with Crippen LogP contribution >= 0.6 is 0 Å². The predicted octanol–water partition coefficient (Wildman–Crippen LogP) is 2.46. The predicted molar refractivity (Wildman–Crippen MR) is 116 cm³/mol. The summed E-state index contributed by atoms with van der Waals surface area (Å²) in [5.41, 5.74) is 0.946. The zero-order valence-corrected chi connectivity index (χ0v) is 17.9. The van der Waals surface area contributed by atoms with Gasteiger partial charge in [-0.25, -0.2) is 0 Å². The molecule has 6 heteroatoms. The normalized spacial score (nSPS) is 21.1. The third kappa shape index (κ3) is 8.38. The van der Waals surface area contributed by atoms with Gasteiger partial charge >= 0.3 is 0 Å². The second kappa shape index (κ2) is 12.4. The SMILES string of the molecule is CCOCCCN1CCC(NC(=O)C(C)NC(=O)/C=C/c2ccccc2)C(C)C1. The number of benzene rings is 1. The first-order valence-corrected chi connectivity index (χ1v) is 10.6. The molecular formula is C23H35N3O3. The van der Waals surface area contributed by atoms with Gasteiger partial charge in [-0.3, -0.25) is 9.59 Å². The largest absolute Gasteiger partial charge is 0.382 e. The summed E-state index contributed by atoms with van der Waals surface area (Å²) in [7, 11) is 0. The van der Waals surface area contributed by atoms with E-state index in [2.05, 4.69) is 22.5 Å². The third-order valence-corrected chi connectivity index (χ3v) is 5.26. The number of ether oxygens (including phenoxy) is 1. The van der Waals surface area contributed by atoms with E-state index in [1.165, 1.54) is 6.08 Å². The zero-order chi connectivity index (χ0) is 21.1.